The Morgan fingerprint density at radius 2 is 1.59 bits per heavy atom. The number of nitrogens with zero attached hydrogens (tertiary/aromatic N) is 1. The molecule has 0 saturated carbocycles. The number of rotatable bonds is 6. The van der Waals surface area contributed by atoms with Gasteiger partial charge in [-0.15, -0.1) is 0 Å². The predicted molar refractivity (Wildman–Crippen MR) is 77.7 cm³/mol. The second-order valence-electron chi connectivity index (χ2n) is 4.13. The Hall–Kier alpha value is -2.70. The second kappa shape index (κ2) is 8.56. The molecular weight excluding hydrogens is 290 g/mol. The number of aryl methyl sites for hydroxylation is 1. The van der Waals surface area contributed by atoms with E-state index in [9.17, 15) is 14.4 Å². The van der Waals surface area contributed by atoms with Crippen LogP contribution in [0.1, 0.15) is 29.8 Å². The van der Waals surface area contributed by atoms with E-state index in [4.69, 9.17) is 4.74 Å². The number of hydrogen-bond acceptors (Lipinski definition) is 7. The molecule has 0 unspecified atom stereocenters. The number of carbonyl (C=O) groups excluding carboxylic acids is 3. The molecule has 118 valence electrons. The number of Topliss-reactive ketones (excluding diaryl/α,β-unsaturated/α-hetero) is 1. The maximum absolute atomic E-state index is 12.3. The fourth-order valence-electron chi connectivity index (χ4n) is 1.44. The van der Waals surface area contributed by atoms with Crippen LogP contribution < -0.4 is 0 Å². The largest absolute Gasteiger partial charge is 0.535 e. The third-order valence-corrected chi connectivity index (χ3v) is 2.47. The van der Waals surface area contributed by atoms with Gasteiger partial charge in [-0.1, -0.05) is 35.0 Å². The van der Waals surface area contributed by atoms with Crippen LogP contribution in [0.15, 0.2) is 29.4 Å². The third-order valence-electron chi connectivity index (χ3n) is 2.47. The van der Waals surface area contributed by atoms with Crippen LogP contribution in [0.25, 0.3) is 0 Å². The van der Waals surface area contributed by atoms with Crippen LogP contribution in [0.3, 0.4) is 0 Å². The maximum atomic E-state index is 12.3. The molecule has 0 aromatic heterocycles. The van der Waals surface area contributed by atoms with Crippen molar-refractivity contribution in [2.24, 2.45) is 5.16 Å². The Balaban J connectivity index is 3.01. The molecule has 1 rings (SSSR count). The van der Waals surface area contributed by atoms with Crippen LogP contribution in [0.2, 0.25) is 0 Å². The molecule has 0 aliphatic heterocycles. The van der Waals surface area contributed by atoms with E-state index in [1.54, 1.807) is 26.0 Å². The summed E-state index contributed by atoms with van der Waals surface area (Å²) in [5.41, 5.74) is 0.553. The normalized spacial score (nSPS) is 10.8. The van der Waals surface area contributed by atoms with Crippen LogP contribution in [0.5, 0.6) is 0 Å². The first-order valence-corrected chi connectivity index (χ1v) is 6.69. The quantitative estimate of drug-likeness (QED) is 0.200. The highest BCUT2D eigenvalue weighted by atomic mass is 16.8. The van der Waals surface area contributed by atoms with Crippen molar-refractivity contribution in [3.8, 4) is 0 Å². The van der Waals surface area contributed by atoms with Gasteiger partial charge in [-0.2, -0.15) is 0 Å². The lowest BCUT2D eigenvalue weighted by Crippen LogP contribution is -2.27. The minimum atomic E-state index is -1.11. The van der Waals surface area contributed by atoms with Crippen molar-refractivity contribution in [2.45, 2.75) is 20.8 Å². The van der Waals surface area contributed by atoms with E-state index in [0.29, 0.717) is 0 Å². The Morgan fingerprint density at radius 3 is 2.14 bits per heavy atom. The fourth-order valence-corrected chi connectivity index (χ4v) is 1.44. The monoisotopic (exact) mass is 307 g/mol. The summed E-state index contributed by atoms with van der Waals surface area (Å²) in [5.74, 6) is -1.68. The van der Waals surface area contributed by atoms with E-state index < -0.39 is 23.6 Å². The van der Waals surface area contributed by atoms with E-state index in [1.165, 1.54) is 12.1 Å². The highest BCUT2D eigenvalue weighted by molar-refractivity contribution is 6.67. The highest BCUT2D eigenvalue weighted by Gasteiger charge is 2.25. The van der Waals surface area contributed by atoms with Crippen molar-refractivity contribution in [2.75, 3.05) is 13.2 Å². The molecule has 0 heterocycles. The standard InChI is InChI=1S/C15H17NO6/c1-4-20-14(18)12(16-22-15(19)21-5-2)13(17)11-8-6-10(3)7-9-11/h6-9H,4-5H2,1-3H3/b16-12-. The smallest absolute Gasteiger partial charge is 0.461 e. The molecule has 0 saturated heterocycles. The molecule has 0 fully saturated rings. The van der Waals surface area contributed by atoms with Gasteiger partial charge in [0.05, 0.1) is 13.2 Å². The van der Waals surface area contributed by atoms with E-state index in [-0.39, 0.29) is 18.8 Å². The molecule has 0 N–H and O–H groups in total. The van der Waals surface area contributed by atoms with Crippen LogP contribution in [0, 0.1) is 6.92 Å². The molecule has 1 aromatic carbocycles. The second-order valence-corrected chi connectivity index (χ2v) is 4.13. The van der Waals surface area contributed by atoms with Gasteiger partial charge in [0, 0.05) is 5.56 Å². The summed E-state index contributed by atoms with van der Waals surface area (Å²) in [5, 5.41) is 3.28. The van der Waals surface area contributed by atoms with Gasteiger partial charge >= 0.3 is 12.1 Å². The van der Waals surface area contributed by atoms with Crippen molar-refractivity contribution in [1.82, 2.24) is 0 Å². The van der Waals surface area contributed by atoms with Crippen molar-refractivity contribution >= 4 is 23.6 Å². The lowest BCUT2D eigenvalue weighted by atomic mass is 10.1. The number of esters is 1. The Labute approximate surface area is 127 Å². The van der Waals surface area contributed by atoms with Gasteiger partial charge in [0.15, 0.2) is 0 Å². The van der Waals surface area contributed by atoms with E-state index in [2.05, 4.69) is 14.7 Å². The molecule has 7 heteroatoms. The van der Waals surface area contributed by atoms with Crippen LogP contribution >= 0.6 is 0 Å². The van der Waals surface area contributed by atoms with E-state index >= 15 is 0 Å². The SMILES string of the molecule is CCOC(=O)O/N=C(\C(=O)OCC)C(=O)c1ccc(C)cc1. The Morgan fingerprint density at radius 1 is 1.00 bits per heavy atom. The number of hydrogen-bond donors (Lipinski definition) is 0. The molecular formula is C15H17NO6. The lowest BCUT2D eigenvalue weighted by Gasteiger charge is -2.05. The topological polar surface area (TPSA) is 91.3 Å². The van der Waals surface area contributed by atoms with Gasteiger partial charge in [-0.05, 0) is 20.8 Å². The summed E-state index contributed by atoms with van der Waals surface area (Å²) in [4.78, 5) is 39.6. The van der Waals surface area contributed by atoms with Gasteiger partial charge in [-0.25, -0.2) is 9.59 Å². The van der Waals surface area contributed by atoms with Crippen molar-refractivity contribution in [1.29, 1.82) is 0 Å². The first-order valence-electron chi connectivity index (χ1n) is 6.69. The third kappa shape index (κ3) is 5.01. The number of benzene rings is 1. The zero-order chi connectivity index (χ0) is 16.5. The van der Waals surface area contributed by atoms with Gasteiger partial charge in [-0.3, -0.25) is 9.63 Å². The molecule has 7 nitrogen and oxygen atoms in total. The molecule has 1 aromatic rings. The first-order chi connectivity index (χ1) is 10.5. The molecule has 22 heavy (non-hydrogen) atoms. The van der Waals surface area contributed by atoms with Gasteiger partial charge in [0.1, 0.15) is 0 Å². The molecule has 0 spiro atoms. The summed E-state index contributed by atoms with van der Waals surface area (Å²) >= 11 is 0. The number of carbonyl (C=O) groups is 3. The van der Waals surface area contributed by atoms with E-state index in [1.807, 2.05) is 6.92 Å². The van der Waals surface area contributed by atoms with Crippen molar-refractivity contribution in [3.63, 3.8) is 0 Å². The van der Waals surface area contributed by atoms with Gasteiger partial charge in [0.25, 0.3) is 0 Å². The molecule has 0 radical (unpaired) electrons. The zero-order valence-electron chi connectivity index (χ0n) is 12.6. The average Bonchev–Trinajstić information content (AvgIpc) is 2.48. The van der Waals surface area contributed by atoms with Gasteiger partial charge in [0.2, 0.25) is 11.5 Å². The summed E-state index contributed by atoms with van der Waals surface area (Å²) in [6.45, 7) is 5.15. The summed E-state index contributed by atoms with van der Waals surface area (Å²) < 4.78 is 9.24. The van der Waals surface area contributed by atoms with Gasteiger partial charge < -0.3 is 9.47 Å². The number of ether oxygens (including phenoxy) is 2. The van der Waals surface area contributed by atoms with Crippen LogP contribution in [-0.4, -0.2) is 36.8 Å². The molecule has 0 atom stereocenters. The molecule has 0 aliphatic rings. The summed E-state index contributed by atoms with van der Waals surface area (Å²) in [6, 6.07) is 6.50. The van der Waals surface area contributed by atoms with E-state index in [0.717, 1.165) is 5.56 Å². The first kappa shape index (κ1) is 17.4. The number of oxime groups is 1. The number of ketones is 1. The maximum Gasteiger partial charge on any atom is 0.535 e. The molecule has 0 amide bonds. The van der Waals surface area contributed by atoms with Crippen molar-refractivity contribution in [3.05, 3.63) is 35.4 Å². The minimum absolute atomic E-state index is 0.0540. The van der Waals surface area contributed by atoms with Crippen LogP contribution in [-0.2, 0) is 19.1 Å². The fraction of sp³-hybridized carbons (Fsp3) is 0.333. The Kier molecular flexibility index (Phi) is 6.75. The lowest BCUT2D eigenvalue weighted by molar-refractivity contribution is -0.135. The van der Waals surface area contributed by atoms with Crippen molar-refractivity contribution < 1.29 is 28.7 Å². The molecule has 0 aliphatic carbocycles. The highest BCUT2D eigenvalue weighted by Crippen LogP contribution is 2.07. The summed E-state index contributed by atoms with van der Waals surface area (Å²) in [6.07, 6.45) is -1.11. The predicted octanol–water partition coefficient (Wildman–Crippen LogP) is 2.27. The average molecular weight is 307 g/mol. The van der Waals surface area contributed by atoms with Crippen LogP contribution in [0.4, 0.5) is 4.79 Å². The Bertz CT molecular complexity index is 576. The minimum Gasteiger partial charge on any atom is -0.461 e. The molecule has 0 bridgehead atoms. The zero-order valence-corrected chi connectivity index (χ0v) is 12.6. The summed E-state index contributed by atoms with van der Waals surface area (Å²) in [7, 11) is 0.